The lowest BCUT2D eigenvalue weighted by Crippen LogP contribution is -2.37. The molecule has 4 heteroatoms. The summed E-state index contributed by atoms with van der Waals surface area (Å²) in [4.78, 5) is 0. The minimum absolute atomic E-state index is 0.249. The Morgan fingerprint density at radius 2 is 2.20 bits per heavy atom. The van der Waals surface area contributed by atoms with E-state index < -0.39 is 11.6 Å². The lowest BCUT2D eigenvalue weighted by atomic mass is 10.0. The smallest absolute Gasteiger partial charge is 0.162 e. The molecule has 0 spiro atoms. The van der Waals surface area contributed by atoms with Crippen molar-refractivity contribution in [1.29, 1.82) is 0 Å². The molecule has 0 heterocycles. The molecule has 0 aliphatic rings. The van der Waals surface area contributed by atoms with Gasteiger partial charge in [-0.05, 0) is 25.0 Å². The number of rotatable bonds is 4. The molecular formula is C11H14F2N2. The third-order valence-electron chi connectivity index (χ3n) is 2.25. The zero-order valence-electron chi connectivity index (χ0n) is 8.56. The van der Waals surface area contributed by atoms with E-state index in [9.17, 15) is 8.78 Å². The molecule has 82 valence electrons. The van der Waals surface area contributed by atoms with E-state index in [1.807, 2.05) is 0 Å². The van der Waals surface area contributed by atoms with Gasteiger partial charge in [0.2, 0.25) is 0 Å². The van der Waals surface area contributed by atoms with Crippen LogP contribution in [-0.4, -0.2) is 6.04 Å². The van der Waals surface area contributed by atoms with Crippen LogP contribution in [0.25, 0.3) is 0 Å². The van der Waals surface area contributed by atoms with Crippen LogP contribution in [-0.2, 0) is 6.42 Å². The summed E-state index contributed by atoms with van der Waals surface area (Å²) in [6.07, 6.45) is 0.287. The Hall–Kier alpha value is -1.26. The molecule has 1 aromatic rings. The first-order valence-corrected chi connectivity index (χ1v) is 4.60. The van der Waals surface area contributed by atoms with Crippen LogP contribution >= 0.6 is 0 Å². The second-order valence-corrected chi connectivity index (χ2v) is 3.48. The third-order valence-corrected chi connectivity index (χ3v) is 2.25. The van der Waals surface area contributed by atoms with E-state index >= 15 is 0 Å². The minimum atomic E-state index is -0.843. The van der Waals surface area contributed by atoms with Gasteiger partial charge in [0.15, 0.2) is 11.6 Å². The zero-order valence-corrected chi connectivity index (χ0v) is 8.56. The van der Waals surface area contributed by atoms with E-state index in [1.54, 1.807) is 6.92 Å². The standard InChI is InChI=1S/C11H14F2N2/c1-7(2)10(15-14)6-8-4-3-5-9(12)11(8)13/h3-5,10,15H,1,6,14H2,2H3. The highest BCUT2D eigenvalue weighted by atomic mass is 19.2. The maximum atomic E-state index is 13.3. The zero-order chi connectivity index (χ0) is 11.4. The van der Waals surface area contributed by atoms with Crippen LogP contribution in [0.2, 0.25) is 0 Å². The summed E-state index contributed by atoms with van der Waals surface area (Å²) in [5.41, 5.74) is 3.58. The first kappa shape index (κ1) is 11.8. The Bertz CT molecular complexity index is 364. The average molecular weight is 212 g/mol. The maximum Gasteiger partial charge on any atom is 0.162 e. The second kappa shape index (κ2) is 5.00. The normalized spacial score (nSPS) is 12.5. The summed E-state index contributed by atoms with van der Waals surface area (Å²) in [5.74, 6) is 3.62. The summed E-state index contributed by atoms with van der Waals surface area (Å²) in [6.45, 7) is 5.50. The molecule has 0 saturated heterocycles. The predicted molar refractivity (Wildman–Crippen MR) is 56.0 cm³/mol. The lowest BCUT2D eigenvalue weighted by Gasteiger charge is -2.16. The molecule has 3 N–H and O–H groups in total. The molecule has 0 amide bonds. The van der Waals surface area contributed by atoms with Gasteiger partial charge in [0, 0.05) is 6.04 Å². The summed E-state index contributed by atoms with van der Waals surface area (Å²) < 4.78 is 26.2. The SMILES string of the molecule is C=C(C)C(Cc1cccc(F)c1F)NN. The molecule has 0 aliphatic heterocycles. The Labute approximate surface area is 87.8 Å². The molecule has 1 unspecified atom stereocenters. The molecule has 0 bridgehead atoms. The monoisotopic (exact) mass is 212 g/mol. The summed E-state index contributed by atoms with van der Waals surface area (Å²) in [7, 11) is 0. The molecule has 1 rings (SSSR count). The highest BCUT2D eigenvalue weighted by Crippen LogP contribution is 2.15. The predicted octanol–water partition coefficient (Wildman–Crippen LogP) is 1.92. The van der Waals surface area contributed by atoms with Crippen LogP contribution in [0.3, 0.4) is 0 Å². The summed E-state index contributed by atoms with van der Waals surface area (Å²) >= 11 is 0. The molecule has 0 saturated carbocycles. The van der Waals surface area contributed by atoms with Crippen molar-refractivity contribution in [1.82, 2.24) is 5.43 Å². The topological polar surface area (TPSA) is 38.0 Å². The van der Waals surface area contributed by atoms with Gasteiger partial charge >= 0.3 is 0 Å². The molecule has 1 aromatic carbocycles. The van der Waals surface area contributed by atoms with Gasteiger partial charge in [0.25, 0.3) is 0 Å². The number of nitrogens with one attached hydrogen (secondary N) is 1. The third kappa shape index (κ3) is 2.84. The quantitative estimate of drug-likeness (QED) is 0.454. The van der Waals surface area contributed by atoms with Crippen molar-refractivity contribution in [3.63, 3.8) is 0 Å². The molecular weight excluding hydrogens is 198 g/mol. The van der Waals surface area contributed by atoms with E-state index in [2.05, 4.69) is 12.0 Å². The number of nitrogens with two attached hydrogens (primary N) is 1. The van der Waals surface area contributed by atoms with Crippen LogP contribution in [0.4, 0.5) is 8.78 Å². The van der Waals surface area contributed by atoms with Gasteiger partial charge in [-0.2, -0.15) is 0 Å². The molecule has 0 fully saturated rings. The number of hydrogen-bond donors (Lipinski definition) is 2. The highest BCUT2D eigenvalue weighted by Gasteiger charge is 2.13. The lowest BCUT2D eigenvalue weighted by molar-refractivity contribution is 0.488. The van der Waals surface area contributed by atoms with E-state index in [1.165, 1.54) is 12.1 Å². The van der Waals surface area contributed by atoms with Crippen LogP contribution < -0.4 is 11.3 Å². The van der Waals surface area contributed by atoms with E-state index in [0.29, 0.717) is 5.56 Å². The van der Waals surface area contributed by atoms with Crippen molar-refractivity contribution in [3.8, 4) is 0 Å². The largest absolute Gasteiger partial charge is 0.271 e. The number of benzene rings is 1. The molecule has 2 nitrogen and oxygen atoms in total. The Kier molecular flexibility index (Phi) is 3.94. The molecule has 15 heavy (non-hydrogen) atoms. The summed E-state index contributed by atoms with van der Waals surface area (Å²) in [5, 5.41) is 0. The number of hydrogen-bond acceptors (Lipinski definition) is 2. The van der Waals surface area contributed by atoms with E-state index in [-0.39, 0.29) is 12.5 Å². The fourth-order valence-electron chi connectivity index (χ4n) is 1.30. The van der Waals surface area contributed by atoms with Crippen molar-refractivity contribution in [2.24, 2.45) is 5.84 Å². The number of halogens is 2. The van der Waals surface area contributed by atoms with Crippen LogP contribution in [0.15, 0.2) is 30.4 Å². The fraction of sp³-hybridized carbons (Fsp3) is 0.273. The first-order chi connectivity index (χ1) is 7.06. The van der Waals surface area contributed by atoms with Crippen LogP contribution in [0.1, 0.15) is 12.5 Å². The maximum absolute atomic E-state index is 13.3. The fourth-order valence-corrected chi connectivity index (χ4v) is 1.30. The van der Waals surface area contributed by atoms with Crippen molar-refractivity contribution < 1.29 is 8.78 Å². The van der Waals surface area contributed by atoms with Gasteiger partial charge < -0.3 is 0 Å². The Balaban J connectivity index is 2.88. The Morgan fingerprint density at radius 1 is 1.53 bits per heavy atom. The highest BCUT2D eigenvalue weighted by molar-refractivity contribution is 5.22. The van der Waals surface area contributed by atoms with Gasteiger partial charge in [0.1, 0.15) is 0 Å². The number of hydrazine groups is 1. The van der Waals surface area contributed by atoms with Crippen molar-refractivity contribution in [3.05, 3.63) is 47.5 Å². The summed E-state index contributed by atoms with van der Waals surface area (Å²) in [6, 6.07) is 3.84. The van der Waals surface area contributed by atoms with Crippen molar-refractivity contribution in [2.45, 2.75) is 19.4 Å². The average Bonchev–Trinajstić information content (AvgIpc) is 2.19. The van der Waals surface area contributed by atoms with Crippen LogP contribution in [0, 0.1) is 11.6 Å². The molecule has 0 radical (unpaired) electrons. The van der Waals surface area contributed by atoms with Gasteiger partial charge in [-0.3, -0.25) is 11.3 Å². The van der Waals surface area contributed by atoms with E-state index in [0.717, 1.165) is 11.6 Å². The molecule has 1 atom stereocenters. The van der Waals surface area contributed by atoms with Gasteiger partial charge in [-0.25, -0.2) is 8.78 Å². The van der Waals surface area contributed by atoms with Gasteiger partial charge in [0.05, 0.1) is 0 Å². The van der Waals surface area contributed by atoms with E-state index in [4.69, 9.17) is 5.84 Å². The van der Waals surface area contributed by atoms with Crippen LogP contribution in [0.5, 0.6) is 0 Å². The second-order valence-electron chi connectivity index (χ2n) is 3.48. The van der Waals surface area contributed by atoms with Crippen molar-refractivity contribution >= 4 is 0 Å². The Morgan fingerprint density at radius 3 is 2.73 bits per heavy atom. The first-order valence-electron chi connectivity index (χ1n) is 4.60. The molecule has 0 aliphatic carbocycles. The van der Waals surface area contributed by atoms with Gasteiger partial charge in [-0.15, -0.1) is 0 Å². The molecule has 0 aromatic heterocycles. The van der Waals surface area contributed by atoms with Gasteiger partial charge in [-0.1, -0.05) is 24.3 Å². The minimum Gasteiger partial charge on any atom is -0.271 e. The van der Waals surface area contributed by atoms with Crippen molar-refractivity contribution in [2.75, 3.05) is 0 Å².